The first-order valence-corrected chi connectivity index (χ1v) is 6.67. The topological polar surface area (TPSA) is 46.3 Å². The van der Waals surface area contributed by atoms with Crippen LogP contribution in [0.1, 0.15) is 31.2 Å². The van der Waals surface area contributed by atoms with Gasteiger partial charge >= 0.3 is 0 Å². The molecule has 0 spiro atoms. The summed E-state index contributed by atoms with van der Waals surface area (Å²) in [6.07, 6.45) is 3.93. The molecule has 0 aromatic heterocycles. The summed E-state index contributed by atoms with van der Waals surface area (Å²) in [5.41, 5.74) is 8.10. The molecule has 0 saturated heterocycles. The van der Waals surface area contributed by atoms with Crippen LogP contribution in [0.5, 0.6) is 0 Å². The van der Waals surface area contributed by atoms with E-state index in [2.05, 4.69) is 0 Å². The normalized spacial score (nSPS) is 22.5. The highest BCUT2D eigenvalue weighted by Crippen LogP contribution is 2.26. The van der Waals surface area contributed by atoms with Gasteiger partial charge < -0.3 is 10.6 Å². The van der Waals surface area contributed by atoms with Crippen LogP contribution in [-0.2, 0) is 4.79 Å². The summed E-state index contributed by atoms with van der Waals surface area (Å²) in [5.74, 6) is 0.301. The van der Waals surface area contributed by atoms with Crippen LogP contribution in [-0.4, -0.2) is 19.0 Å². The van der Waals surface area contributed by atoms with Crippen molar-refractivity contribution in [3.63, 3.8) is 0 Å². The van der Waals surface area contributed by atoms with Crippen LogP contribution in [0.15, 0.2) is 24.3 Å². The number of nitrogens with zero attached hydrogens (tertiary/aromatic N) is 1. The van der Waals surface area contributed by atoms with Crippen molar-refractivity contribution >= 4 is 24.0 Å². The fraction of sp³-hybridized carbons (Fsp3) is 0.533. The van der Waals surface area contributed by atoms with Gasteiger partial charge in [-0.1, -0.05) is 18.6 Å². The minimum Gasteiger partial charge on any atom is -0.328 e. The highest BCUT2D eigenvalue weighted by atomic mass is 35.5. The number of carbonyl (C=O) groups excluding carboxylic acids is 1. The number of nitrogens with two attached hydrogens (primary N) is 1. The van der Waals surface area contributed by atoms with Crippen LogP contribution in [0.4, 0.5) is 5.69 Å². The molecule has 1 fully saturated rings. The minimum atomic E-state index is 0. The Hall–Kier alpha value is -1.06. The number of benzene rings is 1. The van der Waals surface area contributed by atoms with Crippen LogP contribution in [0.25, 0.3) is 0 Å². The van der Waals surface area contributed by atoms with Crippen molar-refractivity contribution in [2.75, 3.05) is 11.9 Å². The van der Waals surface area contributed by atoms with E-state index in [9.17, 15) is 4.79 Å². The predicted molar refractivity (Wildman–Crippen MR) is 81.8 cm³/mol. The molecule has 3 nitrogen and oxygen atoms in total. The Morgan fingerprint density at radius 1 is 1.37 bits per heavy atom. The van der Waals surface area contributed by atoms with Crippen molar-refractivity contribution in [1.29, 1.82) is 0 Å². The van der Waals surface area contributed by atoms with E-state index in [1.165, 1.54) is 5.56 Å². The summed E-state index contributed by atoms with van der Waals surface area (Å²) in [5, 5.41) is 0. The van der Waals surface area contributed by atoms with E-state index >= 15 is 0 Å². The maximum atomic E-state index is 12.4. The molecule has 1 aliphatic carbocycles. The molecule has 2 rings (SSSR count). The predicted octanol–water partition coefficient (Wildman–Crippen LogP) is 2.90. The quantitative estimate of drug-likeness (QED) is 0.907. The maximum absolute atomic E-state index is 12.4. The third-order valence-electron chi connectivity index (χ3n) is 3.78. The lowest BCUT2D eigenvalue weighted by Crippen LogP contribution is -2.38. The molecule has 1 aliphatic rings. The summed E-state index contributed by atoms with van der Waals surface area (Å²) in [7, 11) is 1.86. The zero-order valence-electron chi connectivity index (χ0n) is 11.6. The number of hydrogen-bond acceptors (Lipinski definition) is 2. The molecule has 106 valence electrons. The number of carbonyl (C=O) groups is 1. The van der Waals surface area contributed by atoms with Crippen LogP contribution >= 0.6 is 12.4 Å². The van der Waals surface area contributed by atoms with Gasteiger partial charge in [-0.2, -0.15) is 0 Å². The number of aryl methyl sites for hydroxylation is 1. The third-order valence-corrected chi connectivity index (χ3v) is 3.78. The second-order valence-corrected chi connectivity index (χ2v) is 5.36. The largest absolute Gasteiger partial charge is 0.328 e. The van der Waals surface area contributed by atoms with Gasteiger partial charge in [0.2, 0.25) is 5.91 Å². The van der Waals surface area contributed by atoms with Crippen molar-refractivity contribution in [2.45, 2.75) is 38.6 Å². The van der Waals surface area contributed by atoms with E-state index < -0.39 is 0 Å². The Labute approximate surface area is 121 Å². The average molecular weight is 283 g/mol. The summed E-state index contributed by atoms with van der Waals surface area (Å²) in [6, 6.07) is 8.24. The van der Waals surface area contributed by atoms with Crippen molar-refractivity contribution in [3.8, 4) is 0 Å². The highest BCUT2D eigenvalue weighted by Gasteiger charge is 2.27. The Bertz CT molecular complexity index is 436. The SMILES string of the molecule is Cc1cccc(N(C)C(=O)C2CCCC(N)C2)c1.Cl. The van der Waals surface area contributed by atoms with E-state index in [1.807, 2.05) is 38.2 Å². The van der Waals surface area contributed by atoms with Crippen molar-refractivity contribution in [2.24, 2.45) is 11.7 Å². The van der Waals surface area contributed by atoms with E-state index in [0.717, 1.165) is 31.4 Å². The van der Waals surface area contributed by atoms with Gasteiger partial charge in [-0.05, 0) is 43.9 Å². The van der Waals surface area contributed by atoms with Gasteiger partial charge in [-0.15, -0.1) is 12.4 Å². The Morgan fingerprint density at radius 2 is 2.11 bits per heavy atom. The first-order chi connectivity index (χ1) is 8.58. The average Bonchev–Trinajstić information content (AvgIpc) is 2.37. The zero-order valence-corrected chi connectivity index (χ0v) is 12.5. The summed E-state index contributed by atoms with van der Waals surface area (Å²) in [6.45, 7) is 2.04. The van der Waals surface area contributed by atoms with Crippen LogP contribution in [0.2, 0.25) is 0 Å². The van der Waals surface area contributed by atoms with E-state index in [1.54, 1.807) is 4.90 Å². The number of rotatable bonds is 2. The second-order valence-electron chi connectivity index (χ2n) is 5.36. The Kier molecular flexibility index (Phi) is 5.83. The Morgan fingerprint density at radius 3 is 2.74 bits per heavy atom. The molecular weight excluding hydrogens is 260 g/mol. The summed E-state index contributed by atoms with van der Waals surface area (Å²) < 4.78 is 0. The molecule has 2 unspecified atom stereocenters. The molecule has 1 amide bonds. The highest BCUT2D eigenvalue weighted by molar-refractivity contribution is 5.94. The first-order valence-electron chi connectivity index (χ1n) is 6.67. The molecule has 0 aliphatic heterocycles. The third kappa shape index (κ3) is 3.95. The molecule has 4 heteroatoms. The summed E-state index contributed by atoms with van der Waals surface area (Å²) in [4.78, 5) is 14.2. The lowest BCUT2D eigenvalue weighted by atomic mass is 9.85. The first kappa shape index (κ1) is 16.0. The molecule has 1 aromatic carbocycles. The van der Waals surface area contributed by atoms with Crippen LogP contribution < -0.4 is 10.6 Å². The molecule has 1 saturated carbocycles. The molecular formula is C15H23ClN2O. The van der Waals surface area contributed by atoms with Crippen LogP contribution in [0, 0.1) is 12.8 Å². The smallest absolute Gasteiger partial charge is 0.229 e. The fourth-order valence-corrected chi connectivity index (χ4v) is 2.69. The van der Waals surface area contributed by atoms with Crippen LogP contribution in [0.3, 0.4) is 0 Å². The molecule has 0 heterocycles. The van der Waals surface area contributed by atoms with Crippen molar-refractivity contribution in [1.82, 2.24) is 0 Å². The minimum absolute atomic E-state index is 0. The van der Waals surface area contributed by atoms with Crippen molar-refractivity contribution in [3.05, 3.63) is 29.8 Å². The van der Waals surface area contributed by atoms with E-state index in [4.69, 9.17) is 5.73 Å². The molecule has 19 heavy (non-hydrogen) atoms. The lowest BCUT2D eigenvalue weighted by Gasteiger charge is -2.29. The number of hydrogen-bond donors (Lipinski definition) is 1. The van der Waals surface area contributed by atoms with Gasteiger partial charge in [0.25, 0.3) is 0 Å². The van der Waals surface area contributed by atoms with Gasteiger partial charge in [0.15, 0.2) is 0 Å². The summed E-state index contributed by atoms with van der Waals surface area (Å²) >= 11 is 0. The van der Waals surface area contributed by atoms with Gasteiger partial charge in [0.05, 0.1) is 0 Å². The molecule has 0 radical (unpaired) electrons. The maximum Gasteiger partial charge on any atom is 0.229 e. The van der Waals surface area contributed by atoms with Gasteiger partial charge in [-0.25, -0.2) is 0 Å². The zero-order chi connectivity index (χ0) is 13.1. The molecule has 1 aromatic rings. The van der Waals surface area contributed by atoms with E-state index in [-0.39, 0.29) is 30.3 Å². The number of halogens is 1. The fourth-order valence-electron chi connectivity index (χ4n) is 2.69. The van der Waals surface area contributed by atoms with Crippen molar-refractivity contribution < 1.29 is 4.79 Å². The standard InChI is InChI=1S/C15H22N2O.ClH/c1-11-5-3-8-14(9-11)17(2)15(18)12-6-4-7-13(16)10-12;/h3,5,8-9,12-13H,4,6-7,10,16H2,1-2H3;1H. The second kappa shape index (κ2) is 6.92. The van der Waals surface area contributed by atoms with E-state index in [0.29, 0.717) is 0 Å². The van der Waals surface area contributed by atoms with Gasteiger partial charge in [0.1, 0.15) is 0 Å². The number of anilines is 1. The van der Waals surface area contributed by atoms with Gasteiger partial charge in [-0.3, -0.25) is 4.79 Å². The molecule has 2 atom stereocenters. The Balaban J connectivity index is 0.00000180. The molecule has 2 N–H and O–H groups in total. The lowest BCUT2D eigenvalue weighted by molar-refractivity contribution is -0.123. The monoisotopic (exact) mass is 282 g/mol. The number of amides is 1. The molecule has 0 bridgehead atoms. The van der Waals surface area contributed by atoms with Gasteiger partial charge in [0, 0.05) is 24.7 Å².